The molecule has 0 aliphatic carbocycles. The van der Waals surface area contributed by atoms with Crippen molar-refractivity contribution in [3.05, 3.63) is 68.0 Å². The standard InChI is InChI=1S/C24H24Cl2N2O4S/c1-13(2)27-24-28(14(3)4)22(29)20(33-24)11-16-9-18(25)21(19(26)10-16)32-12-15-5-7-17(8-6-15)23(30)31/h5-11,13-14H,12H2,1-4H3,(H,30,31)/b20-11+,27-24?. The van der Waals surface area contributed by atoms with Crippen LogP contribution < -0.4 is 4.74 Å². The third-order valence-electron chi connectivity index (χ3n) is 4.62. The van der Waals surface area contributed by atoms with E-state index < -0.39 is 5.97 Å². The molecular weight excluding hydrogens is 483 g/mol. The summed E-state index contributed by atoms with van der Waals surface area (Å²) in [6.07, 6.45) is 1.75. The van der Waals surface area contributed by atoms with Gasteiger partial charge in [-0.1, -0.05) is 35.3 Å². The number of amidine groups is 1. The van der Waals surface area contributed by atoms with Crippen LogP contribution in [0.1, 0.15) is 49.2 Å². The molecule has 3 rings (SSSR count). The Bertz CT molecular complexity index is 1100. The van der Waals surface area contributed by atoms with Crippen molar-refractivity contribution in [3.8, 4) is 5.75 Å². The number of carbonyl (C=O) groups excluding carboxylic acids is 1. The number of ether oxygens (including phenoxy) is 1. The minimum atomic E-state index is -0.990. The van der Waals surface area contributed by atoms with E-state index in [1.807, 2.05) is 27.7 Å². The third-order valence-corrected chi connectivity index (χ3v) is 6.18. The summed E-state index contributed by atoms with van der Waals surface area (Å²) < 4.78 is 5.78. The monoisotopic (exact) mass is 506 g/mol. The molecule has 33 heavy (non-hydrogen) atoms. The van der Waals surface area contributed by atoms with E-state index >= 15 is 0 Å². The van der Waals surface area contributed by atoms with Crippen molar-refractivity contribution in [1.29, 1.82) is 0 Å². The number of aromatic carboxylic acids is 1. The fraction of sp³-hybridized carbons (Fsp3) is 0.292. The molecule has 0 bridgehead atoms. The number of amides is 1. The predicted molar refractivity (Wildman–Crippen MR) is 134 cm³/mol. The largest absolute Gasteiger partial charge is 0.486 e. The smallest absolute Gasteiger partial charge is 0.335 e. The Morgan fingerprint density at radius 2 is 1.76 bits per heavy atom. The van der Waals surface area contributed by atoms with Crippen molar-refractivity contribution in [3.63, 3.8) is 0 Å². The summed E-state index contributed by atoms with van der Waals surface area (Å²) in [5.41, 5.74) is 1.65. The van der Waals surface area contributed by atoms with Gasteiger partial charge in [0.25, 0.3) is 5.91 Å². The summed E-state index contributed by atoms with van der Waals surface area (Å²) in [5.74, 6) is -0.776. The minimum absolute atomic E-state index is 0.0130. The number of hydrogen-bond acceptors (Lipinski definition) is 5. The molecule has 0 unspecified atom stereocenters. The molecule has 0 atom stereocenters. The zero-order valence-electron chi connectivity index (χ0n) is 18.6. The van der Waals surface area contributed by atoms with E-state index in [1.165, 1.54) is 23.9 Å². The SMILES string of the molecule is CC(C)N=C1S/C(=C/c2cc(Cl)c(OCc3ccc(C(=O)O)cc3)c(Cl)c2)C(=O)N1C(C)C. The molecule has 0 aromatic heterocycles. The van der Waals surface area contributed by atoms with Crippen LogP contribution in [0.4, 0.5) is 0 Å². The molecule has 9 heteroatoms. The van der Waals surface area contributed by atoms with E-state index in [4.69, 9.17) is 33.0 Å². The van der Waals surface area contributed by atoms with Crippen LogP contribution in [0.25, 0.3) is 6.08 Å². The normalized spacial score (nSPS) is 16.5. The van der Waals surface area contributed by atoms with Gasteiger partial charge in [0, 0.05) is 12.1 Å². The Morgan fingerprint density at radius 1 is 1.15 bits per heavy atom. The van der Waals surface area contributed by atoms with Crippen molar-refractivity contribution in [2.75, 3.05) is 0 Å². The van der Waals surface area contributed by atoms with E-state index in [0.29, 0.717) is 31.4 Å². The number of rotatable bonds is 7. The van der Waals surface area contributed by atoms with Gasteiger partial charge < -0.3 is 9.84 Å². The van der Waals surface area contributed by atoms with Crippen molar-refractivity contribution < 1.29 is 19.4 Å². The number of nitrogens with zero attached hydrogens (tertiary/aromatic N) is 2. The molecule has 2 aromatic rings. The second-order valence-electron chi connectivity index (χ2n) is 7.99. The number of carboxylic acids is 1. The number of carboxylic acid groups (broad SMARTS) is 1. The zero-order valence-corrected chi connectivity index (χ0v) is 21.0. The van der Waals surface area contributed by atoms with Crippen molar-refractivity contribution in [1.82, 2.24) is 4.90 Å². The minimum Gasteiger partial charge on any atom is -0.486 e. The molecule has 1 aliphatic heterocycles. The topological polar surface area (TPSA) is 79.2 Å². The predicted octanol–water partition coefficient (Wildman–Crippen LogP) is 6.36. The molecular formula is C24H24Cl2N2O4S. The quantitative estimate of drug-likeness (QED) is 0.441. The molecule has 1 fully saturated rings. The highest BCUT2D eigenvalue weighted by Crippen LogP contribution is 2.38. The first-order valence-corrected chi connectivity index (χ1v) is 11.9. The van der Waals surface area contributed by atoms with E-state index in [2.05, 4.69) is 4.99 Å². The summed E-state index contributed by atoms with van der Waals surface area (Å²) in [4.78, 5) is 30.7. The van der Waals surface area contributed by atoms with E-state index in [1.54, 1.807) is 35.2 Å². The Labute approximate surface area is 207 Å². The molecule has 2 aromatic carbocycles. The summed E-state index contributed by atoms with van der Waals surface area (Å²) >= 11 is 14.2. The van der Waals surface area contributed by atoms with E-state index in [-0.39, 0.29) is 30.2 Å². The van der Waals surface area contributed by atoms with E-state index in [9.17, 15) is 9.59 Å². The highest BCUT2D eigenvalue weighted by atomic mass is 35.5. The Hall–Kier alpha value is -2.48. The molecule has 1 N–H and O–H groups in total. The lowest BCUT2D eigenvalue weighted by Crippen LogP contribution is -2.35. The highest BCUT2D eigenvalue weighted by Gasteiger charge is 2.35. The highest BCUT2D eigenvalue weighted by molar-refractivity contribution is 8.18. The molecule has 1 heterocycles. The van der Waals surface area contributed by atoms with Crippen LogP contribution in [0.15, 0.2) is 46.3 Å². The van der Waals surface area contributed by atoms with Gasteiger partial charge in [0.2, 0.25) is 0 Å². The number of benzene rings is 2. The lowest BCUT2D eigenvalue weighted by atomic mass is 10.1. The van der Waals surface area contributed by atoms with Crippen LogP contribution in [-0.4, -0.2) is 39.1 Å². The van der Waals surface area contributed by atoms with Crippen LogP contribution in [0, 0.1) is 0 Å². The number of carbonyl (C=O) groups is 2. The fourth-order valence-electron chi connectivity index (χ4n) is 3.10. The average Bonchev–Trinajstić information content (AvgIpc) is 3.01. The lowest BCUT2D eigenvalue weighted by molar-refractivity contribution is -0.123. The van der Waals surface area contributed by atoms with Crippen molar-refractivity contribution in [2.45, 2.75) is 46.4 Å². The molecule has 174 valence electrons. The van der Waals surface area contributed by atoms with Gasteiger partial charge in [0.15, 0.2) is 10.9 Å². The Kier molecular flexibility index (Phi) is 8.10. The van der Waals surface area contributed by atoms with Gasteiger partial charge in [0.1, 0.15) is 6.61 Å². The van der Waals surface area contributed by atoms with Crippen LogP contribution in [-0.2, 0) is 11.4 Å². The first kappa shape index (κ1) is 25.1. The second-order valence-corrected chi connectivity index (χ2v) is 9.81. The van der Waals surface area contributed by atoms with Gasteiger partial charge in [-0.15, -0.1) is 0 Å². The van der Waals surface area contributed by atoms with Crippen LogP contribution >= 0.6 is 35.0 Å². The lowest BCUT2D eigenvalue weighted by Gasteiger charge is -2.20. The number of halogens is 2. The van der Waals surface area contributed by atoms with Gasteiger partial charge in [0.05, 0.1) is 20.5 Å². The van der Waals surface area contributed by atoms with Gasteiger partial charge in [-0.05, 0) is 80.9 Å². The first-order chi connectivity index (χ1) is 15.6. The van der Waals surface area contributed by atoms with Crippen LogP contribution in [0.5, 0.6) is 5.75 Å². The Morgan fingerprint density at radius 3 is 2.27 bits per heavy atom. The van der Waals surface area contributed by atoms with Crippen LogP contribution in [0.2, 0.25) is 10.0 Å². The molecule has 0 spiro atoms. The third kappa shape index (κ3) is 6.10. The van der Waals surface area contributed by atoms with Gasteiger partial charge in [-0.3, -0.25) is 14.7 Å². The maximum atomic E-state index is 12.9. The molecule has 0 saturated carbocycles. The maximum Gasteiger partial charge on any atom is 0.335 e. The summed E-state index contributed by atoms with van der Waals surface area (Å²) in [6, 6.07) is 9.79. The number of aliphatic imine (C=N–C) groups is 1. The molecule has 1 aliphatic rings. The first-order valence-electron chi connectivity index (χ1n) is 10.3. The van der Waals surface area contributed by atoms with Crippen molar-refractivity contribution in [2.24, 2.45) is 4.99 Å². The molecule has 0 radical (unpaired) electrons. The fourth-order valence-corrected chi connectivity index (χ4v) is 4.95. The molecule has 6 nitrogen and oxygen atoms in total. The van der Waals surface area contributed by atoms with Crippen molar-refractivity contribution >= 4 is 58.1 Å². The zero-order chi connectivity index (χ0) is 24.3. The number of hydrogen-bond donors (Lipinski definition) is 1. The second kappa shape index (κ2) is 10.6. The maximum absolute atomic E-state index is 12.9. The van der Waals surface area contributed by atoms with Gasteiger partial charge >= 0.3 is 5.97 Å². The Balaban J connectivity index is 1.80. The van der Waals surface area contributed by atoms with Gasteiger partial charge in [-0.2, -0.15) is 0 Å². The molecule has 1 saturated heterocycles. The molecule has 1 amide bonds. The number of thioether (sulfide) groups is 1. The summed E-state index contributed by atoms with van der Waals surface area (Å²) in [5, 5.41) is 10.3. The summed E-state index contributed by atoms with van der Waals surface area (Å²) in [7, 11) is 0. The van der Waals surface area contributed by atoms with Crippen LogP contribution in [0.3, 0.4) is 0 Å². The van der Waals surface area contributed by atoms with Gasteiger partial charge in [-0.25, -0.2) is 4.79 Å². The average molecular weight is 507 g/mol. The van der Waals surface area contributed by atoms with E-state index in [0.717, 1.165) is 5.56 Å². The summed E-state index contributed by atoms with van der Waals surface area (Å²) in [6.45, 7) is 8.01.